The van der Waals surface area contributed by atoms with E-state index in [0.717, 1.165) is 17.4 Å². The van der Waals surface area contributed by atoms with E-state index in [1.54, 1.807) is 68.6 Å². The van der Waals surface area contributed by atoms with E-state index in [-0.39, 0.29) is 33.8 Å². The molecule has 0 saturated carbocycles. The molecule has 0 atom stereocenters. The first-order valence-electron chi connectivity index (χ1n) is 14.2. The van der Waals surface area contributed by atoms with E-state index in [1.165, 1.54) is 24.5 Å². The molecule has 246 valence electrons. The standard InChI is InChI=1S/C33H43N7O5S/c1-20-9-10-22(32(41)38-28-16-23(33(3,4)5)17-29(31(28)45-7)39-46(8,42)43)15-30(20)40(36)19-27(35)26(18-34)21(2)37-24-11-13-25(44-6)14-12-24/h9-19,39H,34-36H2,1-8H3,(H,38,41)/p-1/b26-18?,27-19-,37-21?. The molecule has 0 amide bonds. The summed E-state index contributed by atoms with van der Waals surface area (Å²) < 4.78 is 37.3. The van der Waals surface area contributed by atoms with Crippen molar-refractivity contribution in [3.05, 3.63) is 95.0 Å². The number of aliphatic imine (C=N–C) groups is 2. The molecule has 46 heavy (non-hydrogen) atoms. The van der Waals surface area contributed by atoms with Crippen LogP contribution in [0.5, 0.6) is 11.5 Å². The van der Waals surface area contributed by atoms with Gasteiger partial charge < -0.3 is 26.0 Å². The highest BCUT2D eigenvalue weighted by atomic mass is 32.2. The zero-order chi connectivity index (χ0) is 34.4. The maximum absolute atomic E-state index is 13.5. The summed E-state index contributed by atoms with van der Waals surface area (Å²) >= 11 is 0. The number of aryl methyl sites for hydroxylation is 1. The number of nitrogens with zero attached hydrogens (tertiary/aromatic N) is 3. The van der Waals surface area contributed by atoms with Crippen molar-refractivity contribution >= 4 is 44.4 Å². The lowest BCUT2D eigenvalue weighted by Gasteiger charge is -2.24. The molecule has 0 radical (unpaired) electrons. The van der Waals surface area contributed by atoms with Gasteiger partial charge in [0.25, 0.3) is 0 Å². The first kappa shape index (κ1) is 35.5. The Morgan fingerprint density at radius 2 is 1.67 bits per heavy atom. The number of benzene rings is 3. The van der Waals surface area contributed by atoms with Gasteiger partial charge in [-0.05, 0) is 84.3 Å². The summed E-state index contributed by atoms with van der Waals surface area (Å²) in [5.41, 5.74) is 16.5. The van der Waals surface area contributed by atoms with E-state index in [2.05, 4.69) is 14.7 Å². The highest BCUT2D eigenvalue weighted by Crippen LogP contribution is 2.41. The molecule has 0 fully saturated rings. The van der Waals surface area contributed by atoms with Crippen molar-refractivity contribution < 1.29 is 23.0 Å². The first-order valence-corrected chi connectivity index (χ1v) is 16.1. The fraction of sp³-hybridized carbons (Fsp3) is 0.273. The lowest BCUT2D eigenvalue weighted by Crippen LogP contribution is -2.28. The first-order chi connectivity index (χ1) is 21.5. The fourth-order valence-corrected chi connectivity index (χ4v) is 4.99. The maximum atomic E-state index is 13.5. The molecule has 0 aliphatic carbocycles. The third kappa shape index (κ3) is 9.02. The van der Waals surface area contributed by atoms with Gasteiger partial charge in [0.05, 0.1) is 43.2 Å². The minimum Gasteiger partial charge on any atom is -0.858 e. The second-order valence-electron chi connectivity index (χ2n) is 11.6. The predicted molar refractivity (Wildman–Crippen MR) is 185 cm³/mol. The number of allylic oxidation sites excluding steroid dienone is 1. The molecule has 3 aromatic rings. The van der Waals surface area contributed by atoms with E-state index in [1.807, 2.05) is 27.7 Å². The van der Waals surface area contributed by atoms with Crippen LogP contribution in [0, 0.1) is 6.92 Å². The highest BCUT2D eigenvalue weighted by Gasteiger charge is 2.21. The van der Waals surface area contributed by atoms with Gasteiger partial charge in [-0.15, -0.1) is 0 Å². The second-order valence-corrected chi connectivity index (χ2v) is 13.3. The molecule has 0 spiro atoms. The van der Waals surface area contributed by atoms with Crippen molar-refractivity contribution in [2.45, 2.75) is 40.0 Å². The SMILES string of the molecule is COc1ccc(N=C(C)C(=CN)/C(N)=C/N(N)c2cc(C([O-])=Nc3cc(C(C)(C)C)cc(NS(C)(=O)=O)c3OC)ccc2C)cc1. The summed E-state index contributed by atoms with van der Waals surface area (Å²) in [6, 6.07) is 15.5. The molecule has 0 aliphatic heterocycles. The predicted octanol–water partition coefficient (Wildman–Crippen LogP) is 4.24. The van der Waals surface area contributed by atoms with E-state index >= 15 is 0 Å². The fourth-order valence-electron chi connectivity index (χ4n) is 4.44. The molecule has 0 aromatic heterocycles. The summed E-state index contributed by atoms with van der Waals surface area (Å²) in [4.78, 5) is 8.91. The monoisotopic (exact) mass is 648 g/mol. The number of ether oxygens (including phenoxy) is 2. The average molecular weight is 649 g/mol. The highest BCUT2D eigenvalue weighted by molar-refractivity contribution is 7.92. The van der Waals surface area contributed by atoms with E-state index in [4.69, 9.17) is 26.8 Å². The molecule has 7 N–H and O–H groups in total. The zero-order valence-corrected chi connectivity index (χ0v) is 28.2. The number of nitrogens with one attached hydrogen (secondary N) is 1. The molecule has 0 heterocycles. The maximum Gasteiger partial charge on any atom is 0.229 e. The third-order valence-electron chi connectivity index (χ3n) is 6.91. The number of hydrazine groups is 1. The lowest BCUT2D eigenvalue weighted by atomic mass is 9.86. The van der Waals surface area contributed by atoms with E-state index in [0.29, 0.717) is 28.4 Å². The Morgan fingerprint density at radius 3 is 2.22 bits per heavy atom. The number of hydrogen-bond donors (Lipinski definition) is 4. The number of rotatable bonds is 11. The molecular formula is C33H42N7O5S-. The van der Waals surface area contributed by atoms with Crippen LogP contribution in [-0.2, 0) is 15.4 Å². The Morgan fingerprint density at radius 1 is 1.02 bits per heavy atom. The van der Waals surface area contributed by atoms with E-state index < -0.39 is 15.9 Å². The Bertz CT molecular complexity index is 1810. The zero-order valence-electron chi connectivity index (χ0n) is 27.4. The molecule has 0 unspecified atom stereocenters. The van der Waals surface area contributed by atoms with Crippen LogP contribution in [0.1, 0.15) is 44.4 Å². The van der Waals surface area contributed by atoms with Gasteiger partial charge in [0.2, 0.25) is 10.0 Å². The topological polar surface area (TPSA) is 194 Å². The van der Waals surface area contributed by atoms with Crippen molar-refractivity contribution in [3.8, 4) is 11.5 Å². The van der Waals surface area contributed by atoms with Crippen LogP contribution in [-0.4, -0.2) is 40.5 Å². The number of anilines is 2. The molecule has 0 aliphatic rings. The number of hydrogen-bond acceptors (Lipinski definition) is 11. The van der Waals surface area contributed by atoms with Crippen LogP contribution in [0.3, 0.4) is 0 Å². The lowest BCUT2D eigenvalue weighted by molar-refractivity contribution is -0.212. The van der Waals surface area contributed by atoms with Gasteiger partial charge in [-0.3, -0.25) is 19.7 Å². The molecule has 0 bridgehead atoms. The number of nitrogens with two attached hydrogens (primary N) is 3. The van der Waals surface area contributed by atoms with Crippen molar-refractivity contribution in [2.24, 2.45) is 27.3 Å². The van der Waals surface area contributed by atoms with Crippen molar-refractivity contribution in [1.29, 1.82) is 0 Å². The molecule has 3 aromatic carbocycles. The molecular weight excluding hydrogens is 606 g/mol. The van der Waals surface area contributed by atoms with Gasteiger partial charge in [-0.2, -0.15) is 0 Å². The van der Waals surface area contributed by atoms with Gasteiger partial charge in [0.15, 0.2) is 5.75 Å². The van der Waals surface area contributed by atoms with Gasteiger partial charge >= 0.3 is 0 Å². The molecule has 0 saturated heterocycles. The molecule has 3 rings (SSSR count). The molecule has 12 nitrogen and oxygen atoms in total. The summed E-state index contributed by atoms with van der Waals surface area (Å²) in [6.07, 6.45) is 3.87. The van der Waals surface area contributed by atoms with Crippen LogP contribution >= 0.6 is 0 Å². The summed E-state index contributed by atoms with van der Waals surface area (Å²) in [6.45, 7) is 9.49. The van der Waals surface area contributed by atoms with Crippen molar-refractivity contribution in [1.82, 2.24) is 0 Å². The minimum absolute atomic E-state index is 0.114. The van der Waals surface area contributed by atoms with Crippen LogP contribution in [0.15, 0.2) is 88.3 Å². The van der Waals surface area contributed by atoms with Gasteiger partial charge in [0, 0.05) is 23.7 Å². The van der Waals surface area contributed by atoms with Crippen molar-refractivity contribution in [3.63, 3.8) is 0 Å². The number of sulfonamides is 1. The van der Waals surface area contributed by atoms with Crippen LogP contribution in [0.2, 0.25) is 0 Å². The second kappa shape index (κ2) is 14.4. The van der Waals surface area contributed by atoms with Crippen LogP contribution < -0.4 is 41.6 Å². The quantitative estimate of drug-likeness (QED) is 0.0774. The largest absolute Gasteiger partial charge is 0.858 e. The average Bonchev–Trinajstić information content (AvgIpc) is 2.96. The Balaban J connectivity index is 2.01. The summed E-state index contributed by atoms with van der Waals surface area (Å²) in [7, 11) is -0.681. The Kier molecular flexibility index (Phi) is 11.1. The van der Waals surface area contributed by atoms with Gasteiger partial charge in [-0.1, -0.05) is 32.9 Å². The van der Waals surface area contributed by atoms with Crippen LogP contribution in [0.4, 0.5) is 22.7 Å². The summed E-state index contributed by atoms with van der Waals surface area (Å²) in [5.74, 6) is 6.65. The Labute approximate surface area is 271 Å². The summed E-state index contributed by atoms with van der Waals surface area (Å²) in [5, 5.41) is 14.8. The van der Waals surface area contributed by atoms with Gasteiger partial charge in [0.1, 0.15) is 11.4 Å². The molecule has 13 heteroatoms. The van der Waals surface area contributed by atoms with E-state index in [9.17, 15) is 13.5 Å². The van der Waals surface area contributed by atoms with Gasteiger partial charge in [-0.25, -0.2) is 14.3 Å². The Hall–Kier alpha value is -5.01. The van der Waals surface area contributed by atoms with Crippen molar-refractivity contribution in [2.75, 3.05) is 30.2 Å². The van der Waals surface area contributed by atoms with Crippen LogP contribution in [0.25, 0.3) is 0 Å². The smallest absolute Gasteiger partial charge is 0.229 e. The normalized spacial score (nSPS) is 13.4. The third-order valence-corrected chi connectivity index (χ3v) is 7.50. The minimum atomic E-state index is -3.65. The number of methoxy groups -OCH3 is 2.